The molecule has 18 heavy (non-hydrogen) atoms. The number of ether oxygens (including phenoxy) is 1. The number of thiophene rings is 1. The first kappa shape index (κ1) is 13.6. The predicted molar refractivity (Wildman–Crippen MR) is 81.1 cm³/mol. The third kappa shape index (κ3) is 3.83. The monoisotopic (exact) mass is 325 g/mol. The van der Waals surface area contributed by atoms with Gasteiger partial charge in [-0.25, -0.2) is 0 Å². The van der Waals surface area contributed by atoms with Crippen LogP contribution in [0.4, 0.5) is 5.69 Å². The van der Waals surface area contributed by atoms with Gasteiger partial charge in [0.2, 0.25) is 0 Å². The predicted octanol–water partition coefficient (Wildman–Crippen LogP) is 4.66. The van der Waals surface area contributed by atoms with E-state index in [1.54, 1.807) is 11.3 Å². The molecule has 1 N–H and O–H groups in total. The van der Waals surface area contributed by atoms with Crippen LogP contribution >= 0.6 is 27.3 Å². The summed E-state index contributed by atoms with van der Waals surface area (Å²) in [6.45, 7) is 4.26. The molecule has 1 aromatic heterocycles. The number of benzene rings is 1. The summed E-state index contributed by atoms with van der Waals surface area (Å²) in [5.74, 6) is 0. The maximum Gasteiger partial charge on any atom is 0.0736 e. The van der Waals surface area contributed by atoms with Gasteiger partial charge in [0.05, 0.1) is 10.4 Å². The van der Waals surface area contributed by atoms with Crippen molar-refractivity contribution >= 4 is 33.0 Å². The summed E-state index contributed by atoms with van der Waals surface area (Å²) >= 11 is 5.23. The lowest BCUT2D eigenvalue weighted by Crippen LogP contribution is -2.02. The van der Waals surface area contributed by atoms with E-state index in [1.165, 1.54) is 14.2 Å². The molecule has 96 valence electrons. The topological polar surface area (TPSA) is 21.3 Å². The number of hydrogen-bond acceptors (Lipinski definition) is 3. The quantitative estimate of drug-likeness (QED) is 0.834. The zero-order valence-corrected chi connectivity index (χ0v) is 12.7. The van der Waals surface area contributed by atoms with Crippen molar-refractivity contribution < 1.29 is 4.74 Å². The number of rotatable bonds is 6. The summed E-state index contributed by atoms with van der Waals surface area (Å²) in [5.41, 5.74) is 2.35. The summed E-state index contributed by atoms with van der Waals surface area (Å²) in [7, 11) is 0. The van der Waals surface area contributed by atoms with Gasteiger partial charge in [-0.15, -0.1) is 11.3 Å². The highest BCUT2D eigenvalue weighted by Crippen LogP contribution is 2.24. The summed E-state index contributed by atoms with van der Waals surface area (Å²) in [6, 6.07) is 12.5. The molecule has 1 heterocycles. The molecule has 0 aliphatic heterocycles. The summed E-state index contributed by atoms with van der Waals surface area (Å²) in [4.78, 5) is 1.31. The zero-order chi connectivity index (χ0) is 12.8. The average molecular weight is 326 g/mol. The maximum absolute atomic E-state index is 5.47. The van der Waals surface area contributed by atoms with E-state index in [4.69, 9.17) is 4.74 Å². The van der Waals surface area contributed by atoms with E-state index in [0.717, 1.165) is 18.8 Å². The van der Waals surface area contributed by atoms with Crippen LogP contribution in [0.5, 0.6) is 0 Å². The molecule has 0 aliphatic carbocycles. The van der Waals surface area contributed by atoms with Crippen LogP contribution in [-0.4, -0.2) is 6.61 Å². The van der Waals surface area contributed by atoms with Crippen LogP contribution < -0.4 is 5.32 Å². The number of hydrogen-bond donors (Lipinski definition) is 1. The van der Waals surface area contributed by atoms with Gasteiger partial charge in [0, 0.05) is 29.3 Å². The van der Waals surface area contributed by atoms with Crippen LogP contribution in [0.1, 0.15) is 17.4 Å². The summed E-state index contributed by atoms with van der Waals surface area (Å²) in [5, 5.41) is 3.46. The maximum atomic E-state index is 5.47. The van der Waals surface area contributed by atoms with Gasteiger partial charge >= 0.3 is 0 Å². The molecule has 0 aliphatic rings. The minimum absolute atomic E-state index is 0.661. The molecule has 0 unspecified atom stereocenters. The van der Waals surface area contributed by atoms with Crippen LogP contribution in [0.2, 0.25) is 0 Å². The van der Waals surface area contributed by atoms with Gasteiger partial charge in [0.25, 0.3) is 0 Å². The Kier molecular flexibility index (Phi) is 5.23. The Labute approximate surface area is 120 Å². The van der Waals surface area contributed by atoms with Crippen LogP contribution in [-0.2, 0) is 17.9 Å². The van der Waals surface area contributed by atoms with Gasteiger partial charge < -0.3 is 10.1 Å². The fourth-order valence-electron chi connectivity index (χ4n) is 1.66. The van der Waals surface area contributed by atoms with Crippen molar-refractivity contribution in [2.75, 3.05) is 11.9 Å². The van der Waals surface area contributed by atoms with E-state index in [2.05, 4.69) is 45.5 Å². The molecule has 0 fully saturated rings. The van der Waals surface area contributed by atoms with E-state index < -0.39 is 0 Å². The summed E-state index contributed by atoms with van der Waals surface area (Å²) in [6.07, 6.45) is 0. The van der Waals surface area contributed by atoms with E-state index in [-0.39, 0.29) is 0 Å². The van der Waals surface area contributed by atoms with Crippen LogP contribution in [0, 0.1) is 0 Å². The molecule has 2 nitrogen and oxygen atoms in total. The average Bonchev–Trinajstić information content (AvgIpc) is 2.81. The van der Waals surface area contributed by atoms with Gasteiger partial charge in [0.15, 0.2) is 0 Å². The Balaban J connectivity index is 1.99. The van der Waals surface area contributed by atoms with Crippen molar-refractivity contribution in [2.24, 2.45) is 0 Å². The molecule has 0 bridgehead atoms. The van der Waals surface area contributed by atoms with Gasteiger partial charge in [-0.05, 0) is 41.1 Å². The first-order chi connectivity index (χ1) is 8.79. The Morgan fingerprint density at radius 3 is 2.78 bits per heavy atom. The molecule has 2 aromatic rings. The van der Waals surface area contributed by atoms with Crippen molar-refractivity contribution in [3.05, 3.63) is 50.6 Å². The number of nitrogens with one attached hydrogen (secondary N) is 1. The fraction of sp³-hybridized carbons (Fsp3) is 0.286. The lowest BCUT2D eigenvalue weighted by molar-refractivity contribution is 0.134. The Bertz CT molecular complexity index is 498. The fourth-order valence-corrected chi connectivity index (χ4v) is 3.08. The van der Waals surface area contributed by atoms with E-state index in [1.807, 2.05) is 19.1 Å². The minimum Gasteiger partial charge on any atom is -0.380 e. The second-order valence-corrected chi connectivity index (χ2v) is 6.40. The highest BCUT2D eigenvalue weighted by atomic mass is 79.9. The smallest absolute Gasteiger partial charge is 0.0736 e. The Morgan fingerprint density at radius 2 is 2.06 bits per heavy atom. The van der Waals surface area contributed by atoms with Gasteiger partial charge in [0.1, 0.15) is 0 Å². The van der Waals surface area contributed by atoms with Crippen molar-refractivity contribution in [3.63, 3.8) is 0 Å². The molecule has 4 heteroatoms. The van der Waals surface area contributed by atoms with E-state index in [9.17, 15) is 0 Å². The lowest BCUT2D eigenvalue weighted by Gasteiger charge is -2.11. The number of para-hydroxylation sites is 1. The molecular formula is C14H16BrNOS. The third-order valence-corrected chi connectivity index (χ3v) is 4.18. The molecule has 0 radical (unpaired) electrons. The van der Waals surface area contributed by atoms with Crippen LogP contribution in [0.3, 0.4) is 0 Å². The zero-order valence-electron chi connectivity index (χ0n) is 10.3. The second-order valence-electron chi connectivity index (χ2n) is 3.85. The van der Waals surface area contributed by atoms with E-state index in [0.29, 0.717) is 6.61 Å². The standard InChI is InChI=1S/C14H16BrNOS/c1-2-17-10-11-5-3-4-6-13(11)16-9-12-7-8-14(15)18-12/h3-8,16H,2,9-10H2,1H3. The molecule has 0 saturated carbocycles. The summed E-state index contributed by atoms with van der Waals surface area (Å²) < 4.78 is 6.64. The van der Waals surface area contributed by atoms with Crippen molar-refractivity contribution in [1.82, 2.24) is 0 Å². The highest BCUT2D eigenvalue weighted by Gasteiger charge is 2.02. The molecular weight excluding hydrogens is 310 g/mol. The normalized spacial score (nSPS) is 10.6. The van der Waals surface area contributed by atoms with Crippen molar-refractivity contribution in [1.29, 1.82) is 0 Å². The number of anilines is 1. The molecule has 0 atom stereocenters. The highest BCUT2D eigenvalue weighted by molar-refractivity contribution is 9.11. The lowest BCUT2D eigenvalue weighted by atomic mass is 10.2. The first-order valence-electron chi connectivity index (χ1n) is 5.93. The number of halogens is 1. The molecule has 0 saturated heterocycles. The van der Waals surface area contributed by atoms with Crippen molar-refractivity contribution in [2.45, 2.75) is 20.1 Å². The molecule has 0 amide bonds. The Hall–Kier alpha value is -0.840. The van der Waals surface area contributed by atoms with Crippen molar-refractivity contribution in [3.8, 4) is 0 Å². The molecule has 1 aromatic carbocycles. The van der Waals surface area contributed by atoms with Crippen LogP contribution in [0.15, 0.2) is 40.2 Å². The van der Waals surface area contributed by atoms with Gasteiger partial charge in [-0.3, -0.25) is 0 Å². The van der Waals surface area contributed by atoms with E-state index >= 15 is 0 Å². The molecule has 0 spiro atoms. The van der Waals surface area contributed by atoms with Gasteiger partial charge in [-0.1, -0.05) is 18.2 Å². The largest absolute Gasteiger partial charge is 0.380 e. The second kappa shape index (κ2) is 6.92. The molecule has 2 rings (SSSR count). The SMILES string of the molecule is CCOCc1ccccc1NCc1ccc(Br)s1. The van der Waals surface area contributed by atoms with Gasteiger partial charge in [-0.2, -0.15) is 0 Å². The third-order valence-electron chi connectivity index (χ3n) is 2.56. The Morgan fingerprint density at radius 1 is 1.22 bits per heavy atom. The van der Waals surface area contributed by atoms with Crippen LogP contribution in [0.25, 0.3) is 0 Å². The first-order valence-corrected chi connectivity index (χ1v) is 7.54. The minimum atomic E-state index is 0.661.